The maximum Gasteiger partial charge on any atom is 0.339 e. The van der Waals surface area contributed by atoms with Crippen LogP contribution in [0.1, 0.15) is 15.9 Å². The lowest BCUT2D eigenvalue weighted by Crippen LogP contribution is -2.04. The molecule has 0 bridgehead atoms. The van der Waals surface area contributed by atoms with Gasteiger partial charge in [-0.05, 0) is 25.1 Å². The minimum Gasteiger partial charge on any atom is -0.494 e. The van der Waals surface area contributed by atoms with Gasteiger partial charge in [0.15, 0.2) is 5.15 Å². The van der Waals surface area contributed by atoms with E-state index in [1.54, 1.807) is 30.1 Å². The van der Waals surface area contributed by atoms with Crippen LogP contribution in [-0.4, -0.2) is 39.4 Å². The Balaban J connectivity index is 2.01. The Hall–Kier alpha value is -3.06. The highest BCUT2D eigenvalue weighted by Crippen LogP contribution is 2.35. The molecule has 0 saturated heterocycles. The van der Waals surface area contributed by atoms with E-state index in [1.165, 1.54) is 7.11 Å². The van der Waals surface area contributed by atoms with Crippen molar-refractivity contribution in [1.82, 2.24) is 19.2 Å². The molecule has 4 aromatic rings. The third-order valence-electron chi connectivity index (χ3n) is 4.71. The van der Waals surface area contributed by atoms with Gasteiger partial charge in [-0.2, -0.15) is 5.10 Å². The summed E-state index contributed by atoms with van der Waals surface area (Å²) in [6.45, 7) is 1.97. The van der Waals surface area contributed by atoms with E-state index in [-0.39, 0.29) is 0 Å². The largest absolute Gasteiger partial charge is 0.494 e. The summed E-state index contributed by atoms with van der Waals surface area (Å²) in [5.74, 6) is 0.0972. The number of esters is 1. The molecule has 4 aromatic heterocycles. The van der Waals surface area contributed by atoms with Crippen LogP contribution in [0.5, 0.6) is 5.75 Å². The van der Waals surface area contributed by atoms with Crippen LogP contribution in [0.3, 0.4) is 0 Å². The second kappa shape index (κ2) is 6.28. The van der Waals surface area contributed by atoms with E-state index in [0.29, 0.717) is 16.5 Å². The number of aromatic nitrogens is 4. The van der Waals surface area contributed by atoms with Gasteiger partial charge in [0.25, 0.3) is 0 Å². The molecule has 4 rings (SSSR count). The molecule has 0 amide bonds. The maximum atomic E-state index is 12.0. The highest BCUT2D eigenvalue weighted by Gasteiger charge is 2.21. The average Bonchev–Trinajstić information content (AvgIpc) is 3.18. The molecule has 27 heavy (non-hydrogen) atoms. The molecule has 0 aromatic carbocycles. The number of hydrogen-bond donors (Lipinski definition) is 0. The molecule has 4 heterocycles. The first kappa shape index (κ1) is 17.4. The van der Waals surface area contributed by atoms with Crippen molar-refractivity contribution in [3.05, 3.63) is 46.9 Å². The summed E-state index contributed by atoms with van der Waals surface area (Å²) in [6.07, 6.45) is 3.31. The molecule has 7 nitrogen and oxygen atoms in total. The Morgan fingerprint density at radius 3 is 2.67 bits per heavy atom. The molecule has 0 aliphatic rings. The predicted molar refractivity (Wildman–Crippen MR) is 103 cm³/mol. The van der Waals surface area contributed by atoms with Crippen molar-refractivity contribution >= 4 is 34.0 Å². The predicted octanol–water partition coefficient (Wildman–Crippen LogP) is 3.65. The lowest BCUT2D eigenvalue weighted by atomic mass is 10.1. The standard InChI is InChI=1S/C19H17ClN4O3/c1-10-15(13-7-11-5-6-21-18(20)17(11)23(13)2)22-24-9-12(19(25)27-4)8-14(26-3)16(10)24/h5-9H,1-4H3. The van der Waals surface area contributed by atoms with Crippen molar-refractivity contribution in [1.29, 1.82) is 0 Å². The van der Waals surface area contributed by atoms with Crippen LogP contribution >= 0.6 is 11.6 Å². The third-order valence-corrected chi connectivity index (χ3v) is 4.99. The number of halogens is 1. The zero-order valence-electron chi connectivity index (χ0n) is 15.3. The Bertz CT molecular complexity index is 1210. The van der Waals surface area contributed by atoms with Crippen molar-refractivity contribution in [2.45, 2.75) is 6.92 Å². The van der Waals surface area contributed by atoms with Crippen molar-refractivity contribution < 1.29 is 14.3 Å². The molecular formula is C19H17ClN4O3. The van der Waals surface area contributed by atoms with Crippen LogP contribution in [-0.2, 0) is 11.8 Å². The lowest BCUT2D eigenvalue weighted by molar-refractivity contribution is 0.0599. The highest BCUT2D eigenvalue weighted by molar-refractivity contribution is 6.34. The van der Waals surface area contributed by atoms with Crippen molar-refractivity contribution in [2.75, 3.05) is 14.2 Å². The van der Waals surface area contributed by atoms with Gasteiger partial charge in [-0.25, -0.2) is 14.3 Å². The first-order valence-corrected chi connectivity index (χ1v) is 8.59. The van der Waals surface area contributed by atoms with Gasteiger partial charge in [-0.3, -0.25) is 0 Å². The highest BCUT2D eigenvalue weighted by atomic mass is 35.5. The number of rotatable bonds is 3. The minimum absolute atomic E-state index is 0.361. The number of methoxy groups -OCH3 is 2. The van der Waals surface area contributed by atoms with Crippen LogP contribution in [0.25, 0.3) is 27.8 Å². The fourth-order valence-electron chi connectivity index (χ4n) is 3.40. The topological polar surface area (TPSA) is 70.7 Å². The molecule has 0 unspecified atom stereocenters. The number of aryl methyl sites for hydroxylation is 2. The van der Waals surface area contributed by atoms with Gasteiger partial charge in [-0.15, -0.1) is 0 Å². The normalized spacial score (nSPS) is 11.3. The number of carbonyl (C=O) groups excluding carboxylic acids is 1. The lowest BCUT2D eigenvalue weighted by Gasteiger charge is -2.06. The quantitative estimate of drug-likeness (QED) is 0.398. The summed E-state index contributed by atoms with van der Waals surface area (Å²) in [7, 11) is 4.82. The molecule has 0 aliphatic heterocycles. The summed E-state index contributed by atoms with van der Waals surface area (Å²) >= 11 is 6.27. The second-order valence-corrected chi connectivity index (χ2v) is 6.54. The zero-order valence-corrected chi connectivity index (χ0v) is 16.0. The average molecular weight is 385 g/mol. The van der Waals surface area contributed by atoms with Gasteiger partial charge in [0.2, 0.25) is 0 Å². The van der Waals surface area contributed by atoms with Crippen molar-refractivity contribution in [3.8, 4) is 17.1 Å². The van der Waals surface area contributed by atoms with E-state index in [1.807, 2.05) is 30.7 Å². The molecule has 138 valence electrons. The molecule has 0 N–H and O–H groups in total. The van der Waals surface area contributed by atoms with E-state index >= 15 is 0 Å². The van der Waals surface area contributed by atoms with Gasteiger partial charge >= 0.3 is 5.97 Å². The number of pyridine rings is 2. The molecular weight excluding hydrogens is 368 g/mol. The van der Waals surface area contributed by atoms with Gasteiger partial charge < -0.3 is 14.0 Å². The fraction of sp³-hybridized carbons (Fsp3) is 0.211. The van der Waals surface area contributed by atoms with Gasteiger partial charge in [0.1, 0.15) is 17.0 Å². The summed E-state index contributed by atoms with van der Waals surface area (Å²) in [6, 6.07) is 5.58. The molecule has 0 radical (unpaired) electrons. The maximum absolute atomic E-state index is 12.0. The summed E-state index contributed by atoms with van der Waals surface area (Å²) < 4.78 is 13.9. The Morgan fingerprint density at radius 1 is 1.22 bits per heavy atom. The number of nitrogens with zero attached hydrogens (tertiary/aromatic N) is 4. The minimum atomic E-state index is -0.452. The Morgan fingerprint density at radius 2 is 2.00 bits per heavy atom. The zero-order chi connectivity index (χ0) is 19.3. The van der Waals surface area contributed by atoms with Crippen LogP contribution in [0.15, 0.2) is 30.6 Å². The Kier molecular flexibility index (Phi) is 4.04. The first-order chi connectivity index (χ1) is 13.0. The third kappa shape index (κ3) is 2.54. The number of hydrogen-bond acceptors (Lipinski definition) is 5. The van der Waals surface area contributed by atoms with E-state index in [4.69, 9.17) is 26.2 Å². The van der Waals surface area contributed by atoms with Gasteiger partial charge in [0.05, 0.1) is 31.0 Å². The smallest absolute Gasteiger partial charge is 0.339 e. The molecule has 0 fully saturated rings. The molecule has 8 heteroatoms. The van der Waals surface area contributed by atoms with E-state index in [0.717, 1.165) is 33.4 Å². The summed E-state index contributed by atoms with van der Waals surface area (Å²) in [4.78, 5) is 16.1. The molecule has 0 saturated carbocycles. The number of fused-ring (bicyclic) bond motifs is 2. The fourth-order valence-corrected chi connectivity index (χ4v) is 3.69. The summed E-state index contributed by atoms with van der Waals surface area (Å²) in [5.41, 5.74) is 4.58. The first-order valence-electron chi connectivity index (χ1n) is 8.21. The van der Waals surface area contributed by atoms with Crippen molar-refractivity contribution in [3.63, 3.8) is 0 Å². The molecule has 0 spiro atoms. The van der Waals surface area contributed by atoms with Gasteiger partial charge in [-0.1, -0.05) is 11.6 Å². The van der Waals surface area contributed by atoms with Crippen LogP contribution < -0.4 is 4.74 Å². The Labute approximate surface area is 160 Å². The molecule has 0 atom stereocenters. The number of carbonyl (C=O) groups is 1. The van der Waals surface area contributed by atoms with E-state index in [9.17, 15) is 4.79 Å². The van der Waals surface area contributed by atoms with E-state index in [2.05, 4.69) is 4.98 Å². The van der Waals surface area contributed by atoms with Crippen LogP contribution in [0, 0.1) is 6.92 Å². The SMILES string of the molecule is COC(=O)c1cc(OC)c2c(C)c(-c3cc4ccnc(Cl)c4n3C)nn2c1. The monoisotopic (exact) mass is 384 g/mol. The van der Waals surface area contributed by atoms with Crippen LogP contribution in [0.2, 0.25) is 5.15 Å². The number of ether oxygens (including phenoxy) is 2. The summed E-state index contributed by atoms with van der Waals surface area (Å²) in [5, 5.41) is 6.11. The second-order valence-electron chi connectivity index (χ2n) is 6.18. The van der Waals surface area contributed by atoms with E-state index < -0.39 is 5.97 Å². The molecule has 0 aliphatic carbocycles. The van der Waals surface area contributed by atoms with Gasteiger partial charge in [0, 0.05) is 30.4 Å². The van der Waals surface area contributed by atoms with Crippen LogP contribution in [0.4, 0.5) is 0 Å². The van der Waals surface area contributed by atoms with Crippen molar-refractivity contribution in [2.24, 2.45) is 7.05 Å².